The highest BCUT2D eigenvalue weighted by molar-refractivity contribution is 8.00. The number of aryl methyl sites for hydroxylation is 2. The molecule has 2 aromatic rings. The molecular formula is C19H25N3OS2. The molecule has 0 saturated heterocycles. The molecule has 1 saturated carbocycles. The molecule has 0 aromatic carbocycles. The van der Waals surface area contributed by atoms with E-state index in [-0.39, 0.29) is 5.91 Å². The van der Waals surface area contributed by atoms with Gasteiger partial charge in [0.25, 0.3) is 0 Å². The SMILES string of the molecule is C[C@@H]1CCCC[C@H]1NC(=O)CSc1ncnc2sc3c(c12)CCCC3. The number of thiophene rings is 1. The third-order valence-electron chi connectivity index (χ3n) is 5.51. The van der Waals surface area contributed by atoms with Gasteiger partial charge in [-0.3, -0.25) is 4.79 Å². The zero-order valence-electron chi connectivity index (χ0n) is 14.7. The van der Waals surface area contributed by atoms with Crippen molar-refractivity contribution in [3.05, 3.63) is 16.8 Å². The molecule has 2 aromatic heterocycles. The van der Waals surface area contributed by atoms with Crippen LogP contribution in [-0.2, 0) is 17.6 Å². The molecule has 2 atom stereocenters. The maximum absolute atomic E-state index is 12.4. The van der Waals surface area contributed by atoms with Crippen molar-refractivity contribution in [2.75, 3.05) is 5.75 Å². The van der Waals surface area contributed by atoms with Gasteiger partial charge in [-0.25, -0.2) is 9.97 Å². The molecule has 6 heteroatoms. The minimum atomic E-state index is 0.139. The fraction of sp³-hybridized carbons (Fsp3) is 0.632. The minimum Gasteiger partial charge on any atom is -0.352 e. The Kier molecular flexibility index (Phi) is 5.27. The Hall–Kier alpha value is -1.14. The lowest BCUT2D eigenvalue weighted by Gasteiger charge is -2.29. The molecule has 2 aliphatic rings. The van der Waals surface area contributed by atoms with E-state index in [0.29, 0.717) is 17.7 Å². The number of rotatable bonds is 4. The van der Waals surface area contributed by atoms with Gasteiger partial charge in [0.2, 0.25) is 5.91 Å². The molecule has 25 heavy (non-hydrogen) atoms. The van der Waals surface area contributed by atoms with Crippen LogP contribution in [0.2, 0.25) is 0 Å². The average molecular weight is 376 g/mol. The predicted octanol–water partition coefficient (Wildman–Crippen LogP) is 4.36. The van der Waals surface area contributed by atoms with E-state index in [9.17, 15) is 4.79 Å². The summed E-state index contributed by atoms with van der Waals surface area (Å²) in [5, 5.41) is 5.44. The van der Waals surface area contributed by atoms with Gasteiger partial charge in [0.1, 0.15) is 16.2 Å². The Bertz CT molecular complexity index is 773. The van der Waals surface area contributed by atoms with Gasteiger partial charge in [0.05, 0.1) is 5.75 Å². The molecule has 0 unspecified atom stereocenters. The Morgan fingerprint density at radius 2 is 2.08 bits per heavy atom. The number of nitrogens with one attached hydrogen (secondary N) is 1. The highest BCUT2D eigenvalue weighted by Crippen LogP contribution is 2.39. The lowest BCUT2D eigenvalue weighted by molar-refractivity contribution is -0.119. The number of amides is 1. The number of carbonyl (C=O) groups is 1. The third-order valence-corrected chi connectivity index (χ3v) is 7.70. The fourth-order valence-corrected chi connectivity index (χ4v) is 6.21. The monoisotopic (exact) mass is 375 g/mol. The van der Waals surface area contributed by atoms with Crippen molar-refractivity contribution in [1.29, 1.82) is 0 Å². The van der Waals surface area contributed by atoms with Crippen LogP contribution in [0.4, 0.5) is 0 Å². The maximum atomic E-state index is 12.4. The second-order valence-electron chi connectivity index (χ2n) is 7.29. The van der Waals surface area contributed by atoms with Gasteiger partial charge >= 0.3 is 0 Å². The molecule has 134 valence electrons. The van der Waals surface area contributed by atoms with Crippen molar-refractivity contribution in [1.82, 2.24) is 15.3 Å². The lowest BCUT2D eigenvalue weighted by Crippen LogP contribution is -2.41. The second kappa shape index (κ2) is 7.62. The molecular weight excluding hydrogens is 350 g/mol. The first-order chi connectivity index (χ1) is 12.2. The summed E-state index contributed by atoms with van der Waals surface area (Å²) in [5.41, 5.74) is 1.44. The molecule has 0 radical (unpaired) electrons. The van der Waals surface area contributed by atoms with Crippen molar-refractivity contribution in [2.45, 2.75) is 69.4 Å². The lowest BCUT2D eigenvalue weighted by atomic mass is 9.86. The standard InChI is InChI=1S/C19H25N3OS2/c1-12-6-2-4-8-14(12)22-16(23)10-24-18-17-13-7-3-5-9-15(13)25-19(17)21-11-20-18/h11-12,14H,2-10H2,1H3,(H,22,23)/t12-,14-/m1/s1. The summed E-state index contributed by atoms with van der Waals surface area (Å²) in [6.45, 7) is 2.25. The van der Waals surface area contributed by atoms with Crippen molar-refractivity contribution >= 4 is 39.2 Å². The summed E-state index contributed by atoms with van der Waals surface area (Å²) in [5.74, 6) is 1.18. The van der Waals surface area contributed by atoms with Gasteiger partial charge in [-0.15, -0.1) is 11.3 Å². The largest absolute Gasteiger partial charge is 0.352 e. The van der Waals surface area contributed by atoms with Crippen LogP contribution >= 0.6 is 23.1 Å². The van der Waals surface area contributed by atoms with Gasteiger partial charge in [-0.2, -0.15) is 0 Å². The van der Waals surface area contributed by atoms with E-state index in [2.05, 4.69) is 22.2 Å². The van der Waals surface area contributed by atoms with Crippen molar-refractivity contribution in [3.8, 4) is 0 Å². The molecule has 4 rings (SSSR count). The van der Waals surface area contributed by atoms with Gasteiger partial charge < -0.3 is 5.32 Å². The first-order valence-electron chi connectivity index (χ1n) is 9.40. The van der Waals surface area contributed by atoms with Gasteiger partial charge in [-0.1, -0.05) is 31.5 Å². The van der Waals surface area contributed by atoms with Crippen LogP contribution in [0.1, 0.15) is 55.9 Å². The number of carbonyl (C=O) groups excluding carboxylic acids is 1. The zero-order chi connectivity index (χ0) is 17.2. The maximum Gasteiger partial charge on any atom is 0.230 e. The Morgan fingerprint density at radius 1 is 1.24 bits per heavy atom. The van der Waals surface area contributed by atoms with Crippen LogP contribution in [0.15, 0.2) is 11.4 Å². The number of nitrogens with zero attached hydrogens (tertiary/aromatic N) is 2. The van der Waals surface area contributed by atoms with E-state index < -0.39 is 0 Å². The summed E-state index contributed by atoms with van der Waals surface area (Å²) in [7, 11) is 0. The van der Waals surface area contributed by atoms with Crippen molar-refractivity contribution in [3.63, 3.8) is 0 Å². The molecule has 0 spiro atoms. The summed E-state index contributed by atoms with van der Waals surface area (Å²) in [6.07, 6.45) is 11.3. The molecule has 0 aliphatic heterocycles. The highest BCUT2D eigenvalue weighted by Gasteiger charge is 2.24. The van der Waals surface area contributed by atoms with Crippen molar-refractivity contribution in [2.24, 2.45) is 5.92 Å². The second-order valence-corrected chi connectivity index (χ2v) is 9.34. The van der Waals surface area contributed by atoms with Crippen LogP contribution < -0.4 is 5.32 Å². The van der Waals surface area contributed by atoms with Gasteiger partial charge in [0, 0.05) is 16.3 Å². The number of fused-ring (bicyclic) bond motifs is 3. The Labute approximate surface area is 157 Å². The number of hydrogen-bond donors (Lipinski definition) is 1. The summed E-state index contributed by atoms with van der Waals surface area (Å²) >= 11 is 3.38. The van der Waals surface area contributed by atoms with Crippen molar-refractivity contribution < 1.29 is 4.79 Å². The quantitative estimate of drug-likeness (QED) is 0.637. The first kappa shape index (κ1) is 17.3. The zero-order valence-corrected chi connectivity index (χ0v) is 16.3. The highest BCUT2D eigenvalue weighted by atomic mass is 32.2. The van der Waals surface area contributed by atoms with Crippen LogP contribution in [0, 0.1) is 5.92 Å². The Morgan fingerprint density at radius 3 is 2.96 bits per heavy atom. The Balaban J connectivity index is 1.46. The number of aromatic nitrogens is 2. The smallest absolute Gasteiger partial charge is 0.230 e. The normalized spacial score (nSPS) is 23.4. The molecule has 1 N–H and O–H groups in total. The molecule has 1 fully saturated rings. The van der Waals surface area contributed by atoms with Crippen LogP contribution in [0.25, 0.3) is 10.2 Å². The molecule has 0 bridgehead atoms. The first-order valence-corrected chi connectivity index (χ1v) is 11.2. The van der Waals surface area contributed by atoms with E-state index in [1.165, 1.54) is 54.4 Å². The molecule has 4 nitrogen and oxygen atoms in total. The number of hydrogen-bond acceptors (Lipinski definition) is 5. The fourth-order valence-electron chi connectivity index (χ4n) is 4.08. The van der Waals surface area contributed by atoms with E-state index in [0.717, 1.165) is 22.7 Å². The van der Waals surface area contributed by atoms with E-state index in [4.69, 9.17) is 0 Å². The summed E-state index contributed by atoms with van der Waals surface area (Å²) in [6, 6.07) is 0.348. The topological polar surface area (TPSA) is 54.9 Å². The predicted molar refractivity (Wildman–Crippen MR) is 104 cm³/mol. The summed E-state index contributed by atoms with van der Waals surface area (Å²) < 4.78 is 0. The van der Waals surface area contributed by atoms with Gasteiger partial charge in [-0.05, 0) is 50.0 Å². The average Bonchev–Trinajstić information content (AvgIpc) is 3.01. The van der Waals surface area contributed by atoms with E-state index in [1.54, 1.807) is 18.1 Å². The molecule has 2 heterocycles. The molecule has 2 aliphatic carbocycles. The number of thioether (sulfide) groups is 1. The van der Waals surface area contributed by atoms with Crippen LogP contribution in [0.5, 0.6) is 0 Å². The van der Waals surface area contributed by atoms with Gasteiger partial charge in [0.15, 0.2) is 0 Å². The van der Waals surface area contributed by atoms with E-state index >= 15 is 0 Å². The third kappa shape index (κ3) is 3.70. The van der Waals surface area contributed by atoms with Crippen LogP contribution in [-0.4, -0.2) is 27.7 Å². The summed E-state index contributed by atoms with van der Waals surface area (Å²) in [4.78, 5) is 24.0. The molecule has 1 amide bonds. The minimum absolute atomic E-state index is 0.139. The van der Waals surface area contributed by atoms with E-state index in [1.807, 2.05) is 11.3 Å². The van der Waals surface area contributed by atoms with Crippen LogP contribution in [0.3, 0.4) is 0 Å².